The zero-order valence-electron chi connectivity index (χ0n) is 16.7. The SMILES string of the molecule is N#Cc1cccc(NC(=O)c2cnn3c2C(=O)N(c2ccc(CCCF)cc2)CC3)c1. The second-order valence-electron chi connectivity index (χ2n) is 7.19. The van der Waals surface area contributed by atoms with Crippen molar-refractivity contribution >= 4 is 23.2 Å². The van der Waals surface area contributed by atoms with E-state index in [4.69, 9.17) is 5.26 Å². The van der Waals surface area contributed by atoms with Crippen molar-refractivity contribution < 1.29 is 14.0 Å². The summed E-state index contributed by atoms with van der Waals surface area (Å²) < 4.78 is 13.9. The summed E-state index contributed by atoms with van der Waals surface area (Å²) in [6.07, 6.45) is 2.51. The molecule has 2 amide bonds. The van der Waals surface area contributed by atoms with Crippen LogP contribution in [0.2, 0.25) is 0 Å². The van der Waals surface area contributed by atoms with Gasteiger partial charge in [-0.2, -0.15) is 10.4 Å². The molecule has 0 saturated heterocycles. The quantitative estimate of drug-likeness (QED) is 0.664. The van der Waals surface area contributed by atoms with E-state index in [0.717, 1.165) is 11.3 Å². The van der Waals surface area contributed by atoms with Crippen molar-refractivity contribution in [1.82, 2.24) is 9.78 Å². The first-order chi connectivity index (χ1) is 15.1. The average molecular weight is 417 g/mol. The highest BCUT2D eigenvalue weighted by Crippen LogP contribution is 2.24. The number of nitrogens with zero attached hydrogens (tertiary/aromatic N) is 4. The van der Waals surface area contributed by atoms with Crippen molar-refractivity contribution in [2.24, 2.45) is 0 Å². The van der Waals surface area contributed by atoms with Crippen LogP contribution in [0.15, 0.2) is 54.7 Å². The number of nitrogens with one attached hydrogen (secondary N) is 1. The number of alkyl halides is 1. The highest BCUT2D eigenvalue weighted by atomic mass is 19.1. The predicted octanol–water partition coefficient (Wildman–Crippen LogP) is 3.57. The van der Waals surface area contributed by atoms with Crippen molar-refractivity contribution in [3.8, 4) is 6.07 Å². The summed E-state index contributed by atoms with van der Waals surface area (Å²) in [5, 5.41) is 16.0. The number of hydrogen-bond acceptors (Lipinski definition) is 4. The third kappa shape index (κ3) is 4.16. The molecule has 31 heavy (non-hydrogen) atoms. The second-order valence-corrected chi connectivity index (χ2v) is 7.19. The van der Waals surface area contributed by atoms with Crippen LogP contribution in [0, 0.1) is 11.3 Å². The first kappa shape index (κ1) is 20.3. The summed E-state index contributed by atoms with van der Waals surface area (Å²) in [5.74, 6) is -0.774. The van der Waals surface area contributed by atoms with Gasteiger partial charge in [-0.05, 0) is 48.7 Å². The zero-order valence-corrected chi connectivity index (χ0v) is 16.7. The topological polar surface area (TPSA) is 91.0 Å². The molecule has 3 aromatic rings. The number of benzene rings is 2. The summed E-state index contributed by atoms with van der Waals surface area (Å²) in [6, 6.07) is 16.0. The monoisotopic (exact) mass is 417 g/mol. The minimum absolute atomic E-state index is 0.177. The number of aromatic nitrogens is 2. The summed E-state index contributed by atoms with van der Waals surface area (Å²) in [6.45, 7) is 0.534. The van der Waals surface area contributed by atoms with E-state index in [2.05, 4.69) is 10.4 Å². The van der Waals surface area contributed by atoms with Crippen molar-refractivity contribution in [2.45, 2.75) is 19.4 Å². The van der Waals surface area contributed by atoms with Crippen molar-refractivity contribution in [3.63, 3.8) is 0 Å². The number of hydrogen-bond donors (Lipinski definition) is 1. The number of fused-ring (bicyclic) bond motifs is 1. The molecule has 7 nitrogen and oxygen atoms in total. The number of halogens is 1. The number of carbonyl (C=O) groups is 2. The number of carbonyl (C=O) groups excluding carboxylic acids is 2. The van der Waals surface area contributed by atoms with Crippen molar-refractivity contribution in [2.75, 3.05) is 23.4 Å². The van der Waals surface area contributed by atoms with Gasteiger partial charge in [-0.15, -0.1) is 0 Å². The van der Waals surface area contributed by atoms with E-state index in [9.17, 15) is 14.0 Å². The standard InChI is InChI=1S/C23H20FN5O2/c24-10-2-4-16-6-8-19(9-7-16)28-11-12-29-21(23(28)31)20(15-26-29)22(30)27-18-5-1-3-17(13-18)14-25/h1,3,5-9,13,15H,2,4,10-12H2,(H,27,30). The fraction of sp³-hybridized carbons (Fsp3) is 0.217. The number of amides is 2. The molecule has 0 fully saturated rings. The minimum atomic E-state index is -0.465. The molecule has 1 N–H and O–H groups in total. The predicted molar refractivity (Wildman–Crippen MR) is 114 cm³/mol. The Kier molecular flexibility index (Phi) is 5.76. The third-order valence-corrected chi connectivity index (χ3v) is 5.16. The molecule has 0 spiro atoms. The largest absolute Gasteiger partial charge is 0.322 e. The van der Waals surface area contributed by atoms with E-state index in [1.807, 2.05) is 30.3 Å². The number of nitriles is 1. The maximum Gasteiger partial charge on any atom is 0.277 e. The Hall–Kier alpha value is -3.99. The van der Waals surface area contributed by atoms with Crippen molar-refractivity contribution in [1.29, 1.82) is 5.26 Å². The molecule has 0 bridgehead atoms. The van der Waals surface area contributed by atoms with Crippen LogP contribution in [0.5, 0.6) is 0 Å². The van der Waals surface area contributed by atoms with Crippen LogP contribution in [0.3, 0.4) is 0 Å². The van der Waals surface area contributed by atoms with Crippen LogP contribution in [0.25, 0.3) is 0 Å². The van der Waals surface area contributed by atoms with Gasteiger partial charge in [0.1, 0.15) is 5.69 Å². The Morgan fingerprint density at radius 3 is 2.74 bits per heavy atom. The van der Waals surface area contributed by atoms with Crippen molar-refractivity contribution in [3.05, 3.63) is 77.1 Å². The lowest BCUT2D eigenvalue weighted by Crippen LogP contribution is -2.41. The minimum Gasteiger partial charge on any atom is -0.322 e. The van der Waals surface area contributed by atoms with E-state index in [1.54, 1.807) is 29.2 Å². The molecule has 1 aliphatic rings. The first-order valence-electron chi connectivity index (χ1n) is 9.95. The summed E-state index contributed by atoms with van der Waals surface area (Å²) in [4.78, 5) is 27.7. The molecule has 0 saturated carbocycles. The van der Waals surface area contributed by atoms with Gasteiger partial charge in [-0.1, -0.05) is 18.2 Å². The molecule has 0 atom stereocenters. The van der Waals surface area contributed by atoms with E-state index in [1.165, 1.54) is 10.9 Å². The average Bonchev–Trinajstić information content (AvgIpc) is 3.24. The van der Waals surface area contributed by atoms with Gasteiger partial charge in [0.05, 0.1) is 36.6 Å². The second kappa shape index (κ2) is 8.79. The Labute approximate surface area is 178 Å². The van der Waals surface area contributed by atoms with Gasteiger partial charge in [-0.25, -0.2) is 0 Å². The maximum atomic E-state index is 13.2. The molecule has 0 unspecified atom stereocenters. The van der Waals surface area contributed by atoms with Crippen LogP contribution in [-0.2, 0) is 13.0 Å². The molecule has 2 aromatic carbocycles. The smallest absolute Gasteiger partial charge is 0.277 e. The number of aryl methyl sites for hydroxylation is 1. The fourth-order valence-electron chi connectivity index (χ4n) is 3.60. The molecule has 2 heterocycles. The van der Waals surface area contributed by atoms with Gasteiger partial charge in [0.2, 0.25) is 0 Å². The first-order valence-corrected chi connectivity index (χ1v) is 9.95. The molecule has 8 heteroatoms. The van der Waals surface area contributed by atoms with Gasteiger partial charge in [0.25, 0.3) is 11.8 Å². The van der Waals surface area contributed by atoms with Gasteiger partial charge in [0.15, 0.2) is 0 Å². The van der Waals surface area contributed by atoms with Gasteiger partial charge in [0, 0.05) is 17.9 Å². The normalized spacial score (nSPS) is 12.9. The number of anilines is 2. The van der Waals surface area contributed by atoms with Crippen LogP contribution in [-0.4, -0.2) is 34.8 Å². The van der Waals surface area contributed by atoms with E-state index >= 15 is 0 Å². The van der Waals surface area contributed by atoms with E-state index in [0.29, 0.717) is 37.2 Å². The Morgan fingerprint density at radius 1 is 1.19 bits per heavy atom. The highest BCUT2D eigenvalue weighted by Gasteiger charge is 2.31. The molecule has 1 aromatic heterocycles. The molecule has 1 aliphatic heterocycles. The molecule has 156 valence electrons. The third-order valence-electron chi connectivity index (χ3n) is 5.16. The molecule has 4 rings (SSSR count). The lowest BCUT2D eigenvalue weighted by molar-refractivity contribution is 0.0947. The zero-order chi connectivity index (χ0) is 21.8. The van der Waals surface area contributed by atoms with Gasteiger partial charge < -0.3 is 10.2 Å². The molecular weight excluding hydrogens is 397 g/mol. The van der Waals surface area contributed by atoms with Gasteiger partial charge in [-0.3, -0.25) is 18.7 Å². The lowest BCUT2D eigenvalue weighted by atomic mass is 10.1. The maximum absolute atomic E-state index is 13.2. The van der Waals surface area contributed by atoms with Crippen LogP contribution >= 0.6 is 0 Å². The van der Waals surface area contributed by atoms with E-state index in [-0.39, 0.29) is 23.8 Å². The highest BCUT2D eigenvalue weighted by molar-refractivity contribution is 6.15. The summed E-state index contributed by atoms with van der Waals surface area (Å²) >= 11 is 0. The van der Waals surface area contributed by atoms with E-state index < -0.39 is 5.91 Å². The Balaban J connectivity index is 1.55. The Bertz CT molecular complexity index is 1160. The van der Waals surface area contributed by atoms with Crippen LogP contribution in [0.4, 0.5) is 15.8 Å². The van der Waals surface area contributed by atoms with Crippen LogP contribution < -0.4 is 10.2 Å². The summed E-state index contributed by atoms with van der Waals surface area (Å²) in [5.41, 5.74) is 3.02. The summed E-state index contributed by atoms with van der Waals surface area (Å²) in [7, 11) is 0. The van der Waals surface area contributed by atoms with Crippen LogP contribution in [0.1, 0.15) is 38.4 Å². The lowest BCUT2D eigenvalue weighted by Gasteiger charge is -2.28. The molecular formula is C23H20FN5O2. The number of rotatable bonds is 6. The Morgan fingerprint density at radius 2 is 2.00 bits per heavy atom. The fourth-order valence-corrected chi connectivity index (χ4v) is 3.60. The molecule has 0 aliphatic carbocycles. The molecule has 0 radical (unpaired) electrons. The van der Waals surface area contributed by atoms with Gasteiger partial charge >= 0.3 is 0 Å².